The molecule has 1 aromatic carbocycles. The van der Waals surface area contributed by atoms with Crippen molar-refractivity contribution in [3.63, 3.8) is 0 Å². The molecule has 1 N–H and O–H groups in total. The Hall–Kier alpha value is -0.820. The monoisotopic (exact) mass is 429 g/mol. The summed E-state index contributed by atoms with van der Waals surface area (Å²) < 4.78 is 5.70. The second-order valence-corrected chi connectivity index (χ2v) is 6.47. The topological polar surface area (TPSA) is 36.9 Å². The standard InChI is InChI=1S/C18H27N3O.HI/c1-19-18(21(2)9-10-22-13-14-7-8-14)20-12-16-11-15-5-3-4-6-17(15)16;/h3-6,14,16H,7-13H2,1-2H3,(H,19,20);1H. The van der Waals surface area contributed by atoms with Crippen LogP contribution in [0.4, 0.5) is 0 Å². The molecule has 1 aromatic rings. The van der Waals surface area contributed by atoms with Crippen LogP contribution in [-0.4, -0.2) is 51.3 Å². The van der Waals surface area contributed by atoms with Crippen molar-refractivity contribution in [2.24, 2.45) is 10.9 Å². The number of hydrogen-bond donors (Lipinski definition) is 1. The third kappa shape index (κ3) is 5.08. The molecule has 1 atom stereocenters. The Bertz CT molecular complexity index is 531. The highest BCUT2D eigenvalue weighted by molar-refractivity contribution is 14.0. The normalized spacial score (nSPS) is 19.4. The average Bonchev–Trinajstić information content (AvgIpc) is 3.32. The molecule has 5 heteroatoms. The number of ether oxygens (including phenoxy) is 1. The van der Waals surface area contributed by atoms with Crippen molar-refractivity contribution in [3.05, 3.63) is 35.4 Å². The molecule has 0 saturated heterocycles. The van der Waals surface area contributed by atoms with Crippen molar-refractivity contribution in [3.8, 4) is 0 Å². The second-order valence-electron chi connectivity index (χ2n) is 6.47. The fourth-order valence-corrected chi connectivity index (χ4v) is 2.99. The Labute approximate surface area is 156 Å². The van der Waals surface area contributed by atoms with Gasteiger partial charge in [-0.05, 0) is 36.3 Å². The molecule has 1 saturated carbocycles. The molecule has 0 radical (unpaired) electrons. The van der Waals surface area contributed by atoms with Gasteiger partial charge in [0, 0.05) is 39.7 Å². The highest BCUT2D eigenvalue weighted by Gasteiger charge is 2.25. The van der Waals surface area contributed by atoms with Crippen molar-refractivity contribution in [1.82, 2.24) is 10.2 Å². The fraction of sp³-hybridized carbons (Fsp3) is 0.611. The molecule has 1 fully saturated rings. The minimum absolute atomic E-state index is 0. The van der Waals surface area contributed by atoms with E-state index in [9.17, 15) is 0 Å². The van der Waals surface area contributed by atoms with E-state index in [-0.39, 0.29) is 24.0 Å². The molecule has 4 nitrogen and oxygen atoms in total. The van der Waals surface area contributed by atoms with Crippen LogP contribution in [0.1, 0.15) is 29.9 Å². The van der Waals surface area contributed by atoms with Crippen LogP contribution in [0.3, 0.4) is 0 Å². The van der Waals surface area contributed by atoms with E-state index in [4.69, 9.17) is 4.74 Å². The minimum Gasteiger partial charge on any atom is -0.379 e. The number of nitrogens with one attached hydrogen (secondary N) is 1. The Morgan fingerprint density at radius 3 is 2.83 bits per heavy atom. The van der Waals surface area contributed by atoms with Gasteiger partial charge in [0.15, 0.2) is 5.96 Å². The Morgan fingerprint density at radius 1 is 1.35 bits per heavy atom. The lowest BCUT2D eigenvalue weighted by Gasteiger charge is -2.32. The number of benzene rings is 1. The van der Waals surface area contributed by atoms with Gasteiger partial charge in [0.25, 0.3) is 0 Å². The first kappa shape index (κ1) is 18.5. The number of guanidine groups is 1. The van der Waals surface area contributed by atoms with E-state index in [1.54, 1.807) is 0 Å². The molecule has 0 aliphatic heterocycles. The molecule has 0 amide bonds. The van der Waals surface area contributed by atoms with E-state index in [2.05, 4.69) is 46.5 Å². The molecule has 2 aliphatic carbocycles. The van der Waals surface area contributed by atoms with Gasteiger partial charge in [-0.15, -0.1) is 24.0 Å². The van der Waals surface area contributed by atoms with E-state index < -0.39 is 0 Å². The van der Waals surface area contributed by atoms with Crippen LogP contribution in [0.25, 0.3) is 0 Å². The quantitative estimate of drug-likeness (QED) is 0.314. The van der Waals surface area contributed by atoms with Crippen LogP contribution in [0.2, 0.25) is 0 Å². The first-order valence-electron chi connectivity index (χ1n) is 8.35. The third-order valence-electron chi connectivity index (χ3n) is 4.66. The maximum Gasteiger partial charge on any atom is 0.193 e. The number of rotatable bonds is 7. The van der Waals surface area contributed by atoms with Gasteiger partial charge in [-0.25, -0.2) is 0 Å². The largest absolute Gasteiger partial charge is 0.379 e. The zero-order chi connectivity index (χ0) is 15.4. The smallest absolute Gasteiger partial charge is 0.193 e. The van der Waals surface area contributed by atoms with E-state index in [1.165, 1.54) is 30.4 Å². The summed E-state index contributed by atoms with van der Waals surface area (Å²) in [4.78, 5) is 6.53. The summed E-state index contributed by atoms with van der Waals surface area (Å²) in [7, 11) is 3.92. The van der Waals surface area contributed by atoms with Crippen molar-refractivity contribution >= 4 is 29.9 Å². The Balaban J connectivity index is 0.00000192. The molecule has 2 aliphatic rings. The SMILES string of the molecule is CN=C(NCC1Cc2ccccc21)N(C)CCOCC1CC1.I. The number of hydrogen-bond acceptors (Lipinski definition) is 2. The molecule has 0 spiro atoms. The number of aliphatic imine (C=N–C) groups is 1. The van der Waals surface area contributed by atoms with Crippen molar-refractivity contribution in [1.29, 1.82) is 0 Å². The summed E-state index contributed by atoms with van der Waals surface area (Å²) in [6.07, 6.45) is 3.87. The van der Waals surface area contributed by atoms with Gasteiger partial charge in [0.2, 0.25) is 0 Å². The van der Waals surface area contributed by atoms with Crippen LogP contribution < -0.4 is 5.32 Å². The fourth-order valence-electron chi connectivity index (χ4n) is 2.99. The van der Waals surface area contributed by atoms with Crippen molar-refractivity contribution in [2.45, 2.75) is 25.2 Å². The van der Waals surface area contributed by atoms with Gasteiger partial charge in [-0.3, -0.25) is 4.99 Å². The first-order valence-corrected chi connectivity index (χ1v) is 8.35. The zero-order valence-corrected chi connectivity index (χ0v) is 16.5. The highest BCUT2D eigenvalue weighted by Crippen LogP contribution is 2.34. The van der Waals surface area contributed by atoms with Crippen LogP contribution in [0.15, 0.2) is 29.3 Å². The van der Waals surface area contributed by atoms with Gasteiger partial charge in [0.1, 0.15) is 0 Å². The molecule has 0 heterocycles. The summed E-state index contributed by atoms with van der Waals surface area (Å²) in [5.41, 5.74) is 2.98. The summed E-state index contributed by atoms with van der Waals surface area (Å²) in [6, 6.07) is 8.72. The van der Waals surface area contributed by atoms with Crippen LogP contribution in [0, 0.1) is 5.92 Å². The van der Waals surface area contributed by atoms with Gasteiger partial charge < -0.3 is 15.0 Å². The minimum atomic E-state index is 0. The Morgan fingerprint density at radius 2 is 2.13 bits per heavy atom. The third-order valence-corrected chi connectivity index (χ3v) is 4.66. The first-order chi connectivity index (χ1) is 10.8. The zero-order valence-electron chi connectivity index (χ0n) is 14.1. The van der Waals surface area contributed by atoms with Gasteiger partial charge in [-0.1, -0.05) is 24.3 Å². The molecule has 0 aromatic heterocycles. The Kier molecular flexibility index (Phi) is 7.14. The maximum atomic E-state index is 5.70. The van der Waals surface area contributed by atoms with Gasteiger partial charge in [0.05, 0.1) is 6.61 Å². The predicted octanol–water partition coefficient (Wildman–Crippen LogP) is 2.88. The number of halogens is 1. The predicted molar refractivity (Wildman–Crippen MR) is 106 cm³/mol. The molecule has 23 heavy (non-hydrogen) atoms. The van der Waals surface area contributed by atoms with Crippen LogP contribution >= 0.6 is 24.0 Å². The number of nitrogens with zero attached hydrogens (tertiary/aromatic N) is 2. The second kappa shape index (κ2) is 8.87. The van der Waals surface area contributed by atoms with Crippen LogP contribution in [-0.2, 0) is 11.2 Å². The summed E-state index contributed by atoms with van der Waals surface area (Å²) in [6.45, 7) is 3.54. The van der Waals surface area contributed by atoms with E-state index in [1.807, 2.05) is 7.05 Å². The molecule has 0 bridgehead atoms. The lowest BCUT2D eigenvalue weighted by Crippen LogP contribution is -2.43. The summed E-state index contributed by atoms with van der Waals surface area (Å²) >= 11 is 0. The van der Waals surface area contributed by atoms with E-state index >= 15 is 0 Å². The van der Waals surface area contributed by atoms with E-state index in [0.717, 1.165) is 38.2 Å². The molecular formula is C18H28IN3O. The van der Waals surface area contributed by atoms with Gasteiger partial charge >= 0.3 is 0 Å². The van der Waals surface area contributed by atoms with Crippen molar-refractivity contribution < 1.29 is 4.74 Å². The summed E-state index contributed by atoms with van der Waals surface area (Å²) in [5, 5.41) is 3.49. The maximum absolute atomic E-state index is 5.70. The summed E-state index contributed by atoms with van der Waals surface area (Å²) in [5.74, 6) is 2.41. The van der Waals surface area contributed by atoms with Gasteiger partial charge in [-0.2, -0.15) is 0 Å². The number of likely N-dealkylation sites (N-methyl/N-ethyl adjacent to an activating group) is 1. The number of fused-ring (bicyclic) bond motifs is 1. The molecule has 3 rings (SSSR count). The molecule has 1 unspecified atom stereocenters. The van der Waals surface area contributed by atoms with Crippen molar-refractivity contribution in [2.75, 3.05) is 40.4 Å². The molecule has 128 valence electrons. The van der Waals surface area contributed by atoms with E-state index in [0.29, 0.717) is 5.92 Å². The average molecular weight is 429 g/mol. The lowest BCUT2D eigenvalue weighted by molar-refractivity contribution is 0.115. The molecular weight excluding hydrogens is 401 g/mol. The highest BCUT2D eigenvalue weighted by atomic mass is 127. The van der Waals surface area contributed by atoms with Crippen LogP contribution in [0.5, 0.6) is 0 Å². The lowest BCUT2D eigenvalue weighted by atomic mass is 9.78.